The highest BCUT2D eigenvalue weighted by molar-refractivity contribution is 5.86. The van der Waals surface area contributed by atoms with Gasteiger partial charge in [-0.1, -0.05) is 12.7 Å². The van der Waals surface area contributed by atoms with Crippen LogP contribution in [0.2, 0.25) is 0 Å². The average molecular weight is 356 g/mol. The first-order valence-corrected chi connectivity index (χ1v) is 8.31. The van der Waals surface area contributed by atoms with Gasteiger partial charge in [0.2, 0.25) is 5.88 Å². The minimum absolute atomic E-state index is 0.307. The van der Waals surface area contributed by atoms with E-state index in [1.165, 1.54) is 12.1 Å². The van der Waals surface area contributed by atoms with Gasteiger partial charge in [-0.25, -0.2) is 9.37 Å². The van der Waals surface area contributed by atoms with E-state index in [-0.39, 0.29) is 5.82 Å². The summed E-state index contributed by atoms with van der Waals surface area (Å²) in [6.07, 6.45) is 1.61. The molecule has 2 heterocycles. The predicted molar refractivity (Wildman–Crippen MR) is 99.0 cm³/mol. The third-order valence-corrected chi connectivity index (χ3v) is 3.86. The van der Waals surface area contributed by atoms with Crippen molar-refractivity contribution in [3.05, 3.63) is 54.1 Å². The second-order valence-corrected chi connectivity index (χ2v) is 5.79. The van der Waals surface area contributed by atoms with Gasteiger partial charge in [-0.05, 0) is 31.5 Å². The lowest BCUT2D eigenvalue weighted by Crippen LogP contribution is -2.04. The smallest absolute Gasteiger partial charge is 0.217 e. The molecule has 3 aromatic rings. The molecule has 0 amide bonds. The fourth-order valence-electron chi connectivity index (χ4n) is 2.79. The van der Waals surface area contributed by atoms with Crippen molar-refractivity contribution in [2.24, 2.45) is 0 Å². The zero-order chi connectivity index (χ0) is 18.7. The van der Waals surface area contributed by atoms with Gasteiger partial charge in [0, 0.05) is 18.7 Å². The third kappa shape index (κ3) is 3.61. The van der Waals surface area contributed by atoms with Gasteiger partial charge >= 0.3 is 0 Å². The van der Waals surface area contributed by atoms with Crippen molar-refractivity contribution < 1.29 is 13.9 Å². The second-order valence-electron chi connectivity index (χ2n) is 5.79. The molecular weight excluding hydrogens is 335 g/mol. The van der Waals surface area contributed by atoms with Crippen LogP contribution in [0, 0.1) is 12.7 Å². The number of anilines is 1. The first-order valence-electron chi connectivity index (χ1n) is 8.31. The van der Waals surface area contributed by atoms with Crippen molar-refractivity contribution in [3.8, 4) is 11.6 Å². The van der Waals surface area contributed by atoms with E-state index in [4.69, 9.17) is 15.2 Å². The van der Waals surface area contributed by atoms with Crippen LogP contribution in [0.3, 0.4) is 0 Å². The molecule has 2 N–H and O–H groups in total. The first kappa shape index (κ1) is 17.7. The van der Waals surface area contributed by atoms with Crippen molar-refractivity contribution in [1.82, 2.24) is 14.5 Å². The Labute approximate surface area is 151 Å². The highest BCUT2D eigenvalue weighted by atomic mass is 19.1. The fraction of sp³-hybridized carbons (Fsp3) is 0.263. The van der Waals surface area contributed by atoms with Gasteiger partial charge in [0.25, 0.3) is 0 Å². The van der Waals surface area contributed by atoms with Crippen LogP contribution in [0.1, 0.15) is 18.3 Å². The summed E-state index contributed by atoms with van der Waals surface area (Å²) in [6, 6.07) is 6.41. The SMILES string of the molecule is C=CCOc1cc(F)cc(Cn2c(C)nc3c(N)nc(OCC)cc32)c1. The molecule has 0 unspecified atom stereocenters. The Bertz CT molecular complexity index is 952. The molecule has 136 valence electrons. The maximum absolute atomic E-state index is 13.9. The number of pyridine rings is 1. The summed E-state index contributed by atoms with van der Waals surface area (Å²) in [5, 5.41) is 0. The van der Waals surface area contributed by atoms with Gasteiger partial charge in [-0.2, -0.15) is 4.98 Å². The Hall–Kier alpha value is -3.09. The van der Waals surface area contributed by atoms with Crippen LogP contribution in [0.4, 0.5) is 10.2 Å². The number of rotatable bonds is 7. The molecule has 7 heteroatoms. The molecule has 6 nitrogen and oxygen atoms in total. The first-order chi connectivity index (χ1) is 12.5. The normalized spacial score (nSPS) is 10.9. The molecular formula is C19H21FN4O2. The van der Waals surface area contributed by atoms with Crippen LogP contribution in [0.5, 0.6) is 11.6 Å². The molecule has 1 aromatic carbocycles. The van der Waals surface area contributed by atoms with Crippen LogP contribution < -0.4 is 15.2 Å². The number of fused-ring (bicyclic) bond motifs is 1. The summed E-state index contributed by atoms with van der Waals surface area (Å²) in [5.41, 5.74) is 8.15. The zero-order valence-electron chi connectivity index (χ0n) is 14.8. The Kier molecular flexibility index (Phi) is 5.06. The van der Waals surface area contributed by atoms with Gasteiger partial charge in [0.15, 0.2) is 5.82 Å². The van der Waals surface area contributed by atoms with E-state index in [2.05, 4.69) is 16.5 Å². The van der Waals surface area contributed by atoms with E-state index >= 15 is 0 Å². The minimum atomic E-state index is -0.361. The molecule has 0 spiro atoms. The molecule has 2 aromatic heterocycles. The van der Waals surface area contributed by atoms with Crippen LogP contribution in [-0.4, -0.2) is 27.7 Å². The Morgan fingerprint density at radius 3 is 2.77 bits per heavy atom. The summed E-state index contributed by atoms with van der Waals surface area (Å²) < 4.78 is 26.8. The Morgan fingerprint density at radius 1 is 1.23 bits per heavy atom. The highest BCUT2D eigenvalue weighted by Gasteiger charge is 2.14. The standard InChI is InChI=1S/C19H21FN4O2/c1-4-6-26-15-8-13(7-14(20)9-15)11-24-12(3)22-18-16(24)10-17(25-5-2)23-19(18)21/h4,7-10H,1,5-6,11H2,2-3H3,(H2,21,23). The molecule has 3 rings (SSSR count). The van der Waals surface area contributed by atoms with Crippen LogP contribution in [0.25, 0.3) is 11.0 Å². The third-order valence-electron chi connectivity index (χ3n) is 3.86. The number of ether oxygens (including phenoxy) is 2. The minimum Gasteiger partial charge on any atom is -0.489 e. The van der Waals surface area contributed by atoms with Crippen LogP contribution in [-0.2, 0) is 6.54 Å². The van der Waals surface area contributed by atoms with E-state index in [0.29, 0.717) is 42.7 Å². The Morgan fingerprint density at radius 2 is 2.04 bits per heavy atom. The van der Waals surface area contributed by atoms with E-state index in [1.54, 1.807) is 18.2 Å². The van der Waals surface area contributed by atoms with Gasteiger partial charge in [-0.3, -0.25) is 0 Å². The van der Waals surface area contributed by atoms with E-state index in [0.717, 1.165) is 16.9 Å². The van der Waals surface area contributed by atoms with Crippen molar-refractivity contribution >= 4 is 16.9 Å². The van der Waals surface area contributed by atoms with Crippen molar-refractivity contribution in [2.45, 2.75) is 20.4 Å². The number of nitrogens with two attached hydrogens (primary N) is 1. The number of hydrogen-bond donors (Lipinski definition) is 1. The quantitative estimate of drug-likeness (QED) is 0.656. The number of aryl methyl sites for hydroxylation is 1. The van der Waals surface area contributed by atoms with Gasteiger partial charge in [-0.15, -0.1) is 0 Å². The maximum atomic E-state index is 13.9. The number of imidazole rings is 1. The van der Waals surface area contributed by atoms with Gasteiger partial charge in [0.05, 0.1) is 12.1 Å². The van der Waals surface area contributed by atoms with Crippen LogP contribution in [0.15, 0.2) is 36.9 Å². The summed E-state index contributed by atoms with van der Waals surface area (Å²) in [7, 11) is 0. The van der Waals surface area contributed by atoms with Gasteiger partial charge in [0.1, 0.15) is 29.5 Å². The number of benzene rings is 1. The predicted octanol–water partition coefficient (Wildman–Crippen LogP) is 3.47. The molecule has 0 aliphatic rings. The van der Waals surface area contributed by atoms with Crippen molar-refractivity contribution in [2.75, 3.05) is 18.9 Å². The Balaban J connectivity index is 2.01. The van der Waals surface area contributed by atoms with E-state index in [9.17, 15) is 4.39 Å². The largest absolute Gasteiger partial charge is 0.489 e. The van der Waals surface area contributed by atoms with Gasteiger partial charge < -0.3 is 19.8 Å². The molecule has 0 saturated heterocycles. The lowest BCUT2D eigenvalue weighted by molar-refractivity contribution is 0.328. The summed E-state index contributed by atoms with van der Waals surface area (Å²) in [5.74, 6) is 1.59. The van der Waals surface area contributed by atoms with Crippen LogP contribution >= 0.6 is 0 Å². The molecule has 0 saturated carbocycles. The zero-order valence-corrected chi connectivity index (χ0v) is 14.8. The topological polar surface area (TPSA) is 75.2 Å². The summed E-state index contributed by atoms with van der Waals surface area (Å²) >= 11 is 0. The summed E-state index contributed by atoms with van der Waals surface area (Å²) in [6.45, 7) is 8.56. The molecule has 0 bridgehead atoms. The lowest BCUT2D eigenvalue weighted by Gasteiger charge is -2.11. The number of halogens is 1. The number of aromatic nitrogens is 3. The summed E-state index contributed by atoms with van der Waals surface area (Å²) in [4.78, 5) is 8.69. The highest BCUT2D eigenvalue weighted by Crippen LogP contribution is 2.26. The monoisotopic (exact) mass is 356 g/mol. The van der Waals surface area contributed by atoms with Crippen molar-refractivity contribution in [3.63, 3.8) is 0 Å². The van der Waals surface area contributed by atoms with E-state index < -0.39 is 0 Å². The number of nitrogen functional groups attached to an aromatic ring is 1. The second kappa shape index (κ2) is 7.43. The number of nitrogens with zero attached hydrogens (tertiary/aromatic N) is 3. The van der Waals surface area contributed by atoms with Crippen molar-refractivity contribution in [1.29, 1.82) is 0 Å². The molecule has 0 aliphatic carbocycles. The maximum Gasteiger partial charge on any atom is 0.217 e. The fourth-order valence-corrected chi connectivity index (χ4v) is 2.79. The lowest BCUT2D eigenvalue weighted by atomic mass is 10.2. The number of hydrogen-bond acceptors (Lipinski definition) is 5. The average Bonchev–Trinajstić information content (AvgIpc) is 2.90. The molecule has 0 atom stereocenters. The molecule has 0 radical (unpaired) electrons. The molecule has 26 heavy (non-hydrogen) atoms. The molecule has 0 fully saturated rings. The van der Waals surface area contributed by atoms with E-state index in [1.807, 2.05) is 18.4 Å². The molecule has 0 aliphatic heterocycles.